The molecule has 0 atom stereocenters. The van der Waals surface area contributed by atoms with Gasteiger partial charge in [0.15, 0.2) is 0 Å². The van der Waals surface area contributed by atoms with Crippen LogP contribution in [0.15, 0.2) is 12.2 Å². The second kappa shape index (κ2) is 5.63. The lowest BCUT2D eigenvalue weighted by atomic mass is 10.4. The van der Waals surface area contributed by atoms with Gasteiger partial charge in [0.2, 0.25) is 0 Å². The van der Waals surface area contributed by atoms with Gasteiger partial charge in [0.25, 0.3) is 0 Å². The summed E-state index contributed by atoms with van der Waals surface area (Å²) in [6.45, 7) is 0. The van der Waals surface area contributed by atoms with E-state index in [4.69, 9.17) is 11.6 Å². The number of halogens is 1. The molecule has 0 heterocycles. The van der Waals surface area contributed by atoms with E-state index in [0.29, 0.717) is 12.3 Å². The molecule has 3 heteroatoms. The predicted molar refractivity (Wildman–Crippen MR) is 36.5 cm³/mol. The van der Waals surface area contributed by atoms with Crippen LogP contribution in [0.2, 0.25) is 0 Å². The van der Waals surface area contributed by atoms with Crippen LogP contribution in [0.4, 0.5) is 0 Å². The molecule has 0 aromatic heterocycles. The summed E-state index contributed by atoms with van der Waals surface area (Å²) in [5, 5.41) is 0. The van der Waals surface area contributed by atoms with E-state index in [1.807, 2.05) is 0 Å². The zero-order valence-corrected chi connectivity index (χ0v) is 6.02. The second-order valence-electron chi connectivity index (χ2n) is 1.40. The first kappa shape index (κ1) is 8.50. The smallest absolute Gasteiger partial charge is 0.330 e. The molecule has 0 amide bonds. The van der Waals surface area contributed by atoms with Gasteiger partial charge in [-0.15, -0.1) is 11.6 Å². The molecule has 2 nitrogen and oxygen atoms in total. The molecule has 0 aliphatic rings. The molecule has 0 aliphatic heterocycles. The molecule has 0 aliphatic carbocycles. The zero-order chi connectivity index (χ0) is 7.11. The summed E-state index contributed by atoms with van der Waals surface area (Å²) in [6, 6.07) is 0. The molecule has 9 heavy (non-hydrogen) atoms. The summed E-state index contributed by atoms with van der Waals surface area (Å²) in [6.07, 6.45) is 3.75. The van der Waals surface area contributed by atoms with E-state index in [9.17, 15) is 4.79 Å². The minimum absolute atomic E-state index is 0.333. The first-order valence-corrected chi connectivity index (χ1v) is 3.15. The number of hydrogen-bond acceptors (Lipinski definition) is 2. The highest BCUT2D eigenvalue weighted by Crippen LogP contribution is 1.86. The summed E-state index contributed by atoms with van der Waals surface area (Å²) >= 11 is 5.32. The first-order chi connectivity index (χ1) is 4.31. The van der Waals surface area contributed by atoms with Crippen molar-refractivity contribution in [2.24, 2.45) is 0 Å². The van der Waals surface area contributed by atoms with Crippen molar-refractivity contribution in [3.8, 4) is 0 Å². The Morgan fingerprint density at radius 1 is 1.78 bits per heavy atom. The van der Waals surface area contributed by atoms with Crippen molar-refractivity contribution in [3.05, 3.63) is 12.2 Å². The van der Waals surface area contributed by atoms with Crippen LogP contribution in [0.3, 0.4) is 0 Å². The third-order valence-corrected chi connectivity index (χ3v) is 0.949. The quantitative estimate of drug-likeness (QED) is 0.343. The summed E-state index contributed by atoms with van der Waals surface area (Å²) in [5.41, 5.74) is 0. The largest absolute Gasteiger partial charge is 0.466 e. The van der Waals surface area contributed by atoms with Crippen molar-refractivity contribution in [2.75, 3.05) is 13.0 Å². The molecule has 0 rings (SSSR count). The van der Waals surface area contributed by atoms with E-state index in [0.717, 1.165) is 0 Å². The number of hydrogen-bond donors (Lipinski definition) is 0. The van der Waals surface area contributed by atoms with Gasteiger partial charge < -0.3 is 4.74 Å². The fourth-order valence-electron chi connectivity index (χ4n) is 0.311. The normalized spacial score (nSPS) is 10.0. The zero-order valence-electron chi connectivity index (χ0n) is 5.26. The van der Waals surface area contributed by atoms with Gasteiger partial charge >= 0.3 is 5.97 Å². The average Bonchev–Trinajstić information content (AvgIpc) is 1.89. The Balaban J connectivity index is 3.32. The summed E-state index contributed by atoms with van der Waals surface area (Å²) in [5.74, 6) is 0.202. The van der Waals surface area contributed by atoms with E-state index >= 15 is 0 Å². The van der Waals surface area contributed by atoms with Gasteiger partial charge in [-0.3, -0.25) is 0 Å². The SMILES string of the molecule is COC(=O)/C=C/CCCl. The summed E-state index contributed by atoms with van der Waals surface area (Å²) in [4.78, 5) is 10.3. The molecule has 0 aromatic rings. The van der Waals surface area contributed by atoms with Crippen LogP contribution in [0.1, 0.15) is 6.42 Å². The fraction of sp³-hybridized carbons (Fsp3) is 0.500. The molecule has 52 valence electrons. The highest BCUT2D eigenvalue weighted by atomic mass is 35.5. The van der Waals surface area contributed by atoms with Crippen LogP contribution in [0.5, 0.6) is 0 Å². The third-order valence-electron chi connectivity index (χ3n) is 0.731. The van der Waals surface area contributed by atoms with Gasteiger partial charge in [-0.05, 0) is 6.42 Å². The number of carbonyl (C=O) groups is 1. The van der Waals surface area contributed by atoms with Gasteiger partial charge in [0, 0.05) is 12.0 Å². The summed E-state index contributed by atoms with van der Waals surface area (Å²) in [7, 11) is 1.34. The van der Waals surface area contributed by atoms with E-state index in [-0.39, 0.29) is 5.97 Å². The number of carbonyl (C=O) groups excluding carboxylic acids is 1. The Morgan fingerprint density at radius 2 is 2.44 bits per heavy atom. The number of allylic oxidation sites excluding steroid dienone is 1. The Hall–Kier alpha value is -0.500. The van der Waals surface area contributed by atoms with E-state index in [1.54, 1.807) is 6.08 Å². The topological polar surface area (TPSA) is 26.3 Å². The molecule has 0 radical (unpaired) electrons. The van der Waals surface area contributed by atoms with Gasteiger partial charge in [0.05, 0.1) is 7.11 Å². The maximum atomic E-state index is 10.3. The molecule has 0 bridgehead atoms. The number of esters is 1. The fourth-order valence-corrected chi connectivity index (χ4v) is 0.437. The molecule has 0 saturated carbocycles. The molecule has 0 fully saturated rings. The van der Waals surface area contributed by atoms with Crippen molar-refractivity contribution in [1.82, 2.24) is 0 Å². The Bertz CT molecular complexity index is 110. The van der Waals surface area contributed by atoms with E-state index < -0.39 is 0 Å². The molecule has 0 aromatic carbocycles. The number of alkyl halides is 1. The van der Waals surface area contributed by atoms with Crippen molar-refractivity contribution in [2.45, 2.75) is 6.42 Å². The van der Waals surface area contributed by atoms with Crippen LogP contribution < -0.4 is 0 Å². The Kier molecular flexibility index (Phi) is 5.32. The Morgan fingerprint density at radius 3 is 2.89 bits per heavy atom. The van der Waals surface area contributed by atoms with Crippen LogP contribution in [-0.2, 0) is 9.53 Å². The van der Waals surface area contributed by atoms with Crippen molar-refractivity contribution < 1.29 is 9.53 Å². The standard InChI is InChI=1S/C6H9ClO2/c1-9-6(8)4-2-3-5-7/h2,4H,3,5H2,1H3/b4-2+. The van der Waals surface area contributed by atoms with Crippen LogP contribution >= 0.6 is 11.6 Å². The van der Waals surface area contributed by atoms with Gasteiger partial charge in [-0.25, -0.2) is 4.79 Å². The second-order valence-corrected chi connectivity index (χ2v) is 1.78. The molecule has 0 N–H and O–H groups in total. The minimum Gasteiger partial charge on any atom is -0.466 e. The average molecular weight is 149 g/mol. The lowest BCUT2D eigenvalue weighted by molar-refractivity contribution is -0.134. The molecular formula is C6H9ClO2. The lowest BCUT2D eigenvalue weighted by Crippen LogP contribution is -1.93. The molecule has 0 saturated heterocycles. The van der Waals surface area contributed by atoms with E-state index in [1.165, 1.54) is 13.2 Å². The van der Waals surface area contributed by atoms with Crippen molar-refractivity contribution in [1.29, 1.82) is 0 Å². The van der Waals surface area contributed by atoms with Crippen LogP contribution in [0.25, 0.3) is 0 Å². The maximum absolute atomic E-state index is 10.3. The predicted octanol–water partition coefficient (Wildman–Crippen LogP) is 1.34. The van der Waals surface area contributed by atoms with Crippen molar-refractivity contribution in [3.63, 3.8) is 0 Å². The maximum Gasteiger partial charge on any atom is 0.330 e. The van der Waals surface area contributed by atoms with Crippen LogP contribution in [0, 0.1) is 0 Å². The van der Waals surface area contributed by atoms with E-state index in [2.05, 4.69) is 4.74 Å². The monoisotopic (exact) mass is 148 g/mol. The van der Waals surface area contributed by atoms with Gasteiger partial charge in [-0.1, -0.05) is 6.08 Å². The van der Waals surface area contributed by atoms with Crippen LogP contribution in [-0.4, -0.2) is 19.0 Å². The molecular weight excluding hydrogens is 140 g/mol. The Labute approximate surface area is 59.5 Å². The number of methoxy groups -OCH3 is 1. The van der Waals surface area contributed by atoms with Crippen molar-refractivity contribution >= 4 is 17.6 Å². The highest BCUT2D eigenvalue weighted by Gasteiger charge is 1.87. The minimum atomic E-state index is -0.333. The highest BCUT2D eigenvalue weighted by molar-refractivity contribution is 6.17. The lowest BCUT2D eigenvalue weighted by Gasteiger charge is -1.87. The number of ether oxygens (including phenoxy) is 1. The molecule has 0 unspecified atom stereocenters. The first-order valence-electron chi connectivity index (χ1n) is 2.61. The van der Waals surface area contributed by atoms with Gasteiger partial charge in [-0.2, -0.15) is 0 Å². The third kappa shape index (κ3) is 5.37. The molecule has 0 spiro atoms. The number of rotatable bonds is 3. The summed E-state index contributed by atoms with van der Waals surface area (Å²) < 4.78 is 4.33. The van der Waals surface area contributed by atoms with Gasteiger partial charge in [0.1, 0.15) is 0 Å².